The lowest BCUT2D eigenvalue weighted by Crippen LogP contribution is -2.53. The summed E-state index contributed by atoms with van der Waals surface area (Å²) < 4.78 is 6.24. The monoisotopic (exact) mass is 284 g/mol. The van der Waals surface area contributed by atoms with Crippen LogP contribution in [-0.4, -0.2) is 60.3 Å². The van der Waals surface area contributed by atoms with Crippen molar-refractivity contribution in [1.82, 2.24) is 10.2 Å². The summed E-state index contributed by atoms with van der Waals surface area (Å²) in [5.41, 5.74) is 0.230. The fourth-order valence-corrected chi connectivity index (χ4v) is 5.35. The first-order valence-corrected chi connectivity index (χ1v) is 9.17. The quantitative estimate of drug-likeness (QED) is 0.858. The van der Waals surface area contributed by atoms with E-state index in [1.807, 2.05) is 0 Å². The number of hydrogen-bond donors (Lipinski definition) is 1. The maximum absolute atomic E-state index is 6.24. The molecule has 0 aromatic rings. The van der Waals surface area contributed by atoms with E-state index in [1.165, 1.54) is 63.2 Å². The van der Waals surface area contributed by atoms with Gasteiger partial charge in [0.25, 0.3) is 0 Å². The van der Waals surface area contributed by atoms with E-state index < -0.39 is 0 Å². The summed E-state index contributed by atoms with van der Waals surface area (Å²) in [5, 5.41) is 3.52. The molecule has 3 fully saturated rings. The van der Waals surface area contributed by atoms with Crippen molar-refractivity contribution in [2.24, 2.45) is 0 Å². The maximum atomic E-state index is 6.24. The van der Waals surface area contributed by atoms with Gasteiger partial charge in [0, 0.05) is 25.2 Å². The molecule has 3 aliphatic rings. The lowest BCUT2D eigenvalue weighted by molar-refractivity contribution is -0.113. The van der Waals surface area contributed by atoms with E-state index in [1.54, 1.807) is 0 Å². The predicted molar refractivity (Wildman–Crippen MR) is 81.9 cm³/mol. The van der Waals surface area contributed by atoms with Gasteiger partial charge in [0.15, 0.2) is 0 Å². The van der Waals surface area contributed by atoms with Gasteiger partial charge in [-0.2, -0.15) is 11.8 Å². The highest BCUT2D eigenvalue weighted by Crippen LogP contribution is 2.39. The molecule has 4 heteroatoms. The second-order valence-corrected chi connectivity index (χ2v) is 7.49. The Morgan fingerprint density at radius 2 is 2.11 bits per heavy atom. The summed E-state index contributed by atoms with van der Waals surface area (Å²) in [6, 6.07) is 1.52. The van der Waals surface area contributed by atoms with Crippen molar-refractivity contribution in [3.05, 3.63) is 0 Å². The van der Waals surface area contributed by atoms with Crippen LogP contribution >= 0.6 is 11.8 Å². The Bertz CT molecular complexity index is 282. The SMILES string of the molecule is CCN(C1CCNC1)C1CCOC2(CCSCC2)C1. The van der Waals surface area contributed by atoms with Gasteiger partial charge < -0.3 is 10.1 Å². The van der Waals surface area contributed by atoms with E-state index in [2.05, 4.69) is 28.9 Å². The van der Waals surface area contributed by atoms with Crippen LogP contribution in [-0.2, 0) is 4.74 Å². The van der Waals surface area contributed by atoms with Gasteiger partial charge in [0.2, 0.25) is 0 Å². The minimum Gasteiger partial charge on any atom is -0.375 e. The molecule has 0 saturated carbocycles. The molecule has 3 nitrogen and oxygen atoms in total. The average Bonchev–Trinajstić information content (AvgIpc) is 2.95. The zero-order chi connectivity index (χ0) is 13.1. The van der Waals surface area contributed by atoms with Gasteiger partial charge in [-0.05, 0) is 56.7 Å². The molecule has 0 amide bonds. The predicted octanol–water partition coefficient (Wildman–Crippen LogP) is 2.12. The number of ether oxygens (including phenoxy) is 1. The van der Waals surface area contributed by atoms with Crippen molar-refractivity contribution in [2.45, 2.75) is 56.7 Å². The van der Waals surface area contributed by atoms with Crippen molar-refractivity contribution < 1.29 is 4.74 Å². The normalized spacial score (nSPS) is 35.1. The largest absolute Gasteiger partial charge is 0.375 e. The fourth-order valence-electron chi connectivity index (χ4n) is 4.11. The van der Waals surface area contributed by atoms with Crippen molar-refractivity contribution in [3.63, 3.8) is 0 Å². The number of rotatable bonds is 3. The van der Waals surface area contributed by atoms with Crippen LogP contribution in [0.2, 0.25) is 0 Å². The van der Waals surface area contributed by atoms with Gasteiger partial charge >= 0.3 is 0 Å². The third-order valence-corrected chi connectivity index (χ3v) is 6.19. The summed E-state index contributed by atoms with van der Waals surface area (Å²) in [5.74, 6) is 2.59. The highest BCUT2D eigenvalue weighted by atomic mass is 32.2. The molecule has 0 aromatic heterocycles. The van der Waals surface area contributed by atoms with Gasteiger partial charge in [-0.15, -0.1) is 0 Å². The highest BCUT2D eigenvalue weighted by molar-refractivity contribution is 7.99. The van der Waals surface area contributed by atoms with Crippen LogP contribution < -0.4 is 5.32 Å². The molecule has 0 aliphatic carbocycles. The zero-order valence-corrected chi connectivity index (χ0v) is 13.0. The fraction of sp³-hybridized carbons (Fsp3) is 1.00. The van der Waals surface area contributed by atoms with Gasteiger partial charge in [-0.3, -0.25) is 4.90 Å². The molecule has 3 saturated heterocycles. The number of hydrogen-bond acceptors (Lipinski definition) is 4. The minimum atomic E-state index is 0.230. The van der Waals surface area contributed by atoms with Crippen molar-refractivity contribution in [1.29, 1.82) is 0 Å². The molecule has 1 spiro atoms. The Kier molecular flexibility index (Phi) is 4.73. The third-order valence-electron chi connectivity index (χ3n) is 5.21. The molecule has 0 bridgehead atoms. The molecule has 0 aromatic carbocycles. The Hall–Kier alpha value is 0.230. The van der Waals surface area contributed by atoms with Crippen molar-refractivity contribution in [2.75, 3.05) is 37.7 Å². The van der Waals surface area contributed by atoms with E-state index in [9.17, 15) is 0 Å². The summed E-state index contributed by atoms with van der Waals surface area (Å²) in [6.07, 6.45) is 6.38. The number of nitrogens with zero attached hydrogens (tertiary/aromatic N) is 1. The Balaban J connectivity index is 1.65. The van der Waals surface area contributed by atoms with E-state index in [0.717, 1.165) is 18.7 Å². The summed E-state index contributed by atoms with van der Waals surface area (Å²) in [6.45, 7) is 6.89. The number of thioether (sulfide) groups is 1. The van der Waals surface area contributed by atoms with Gasteiger partial charge in [-0.1, -0.05) is 6.92 Å². The summed E-state index contributed by atoms with van der Waals surface area (Å²) in [7, 11) is 0. The van der Waals surface area contributed by atoms with E-state index in [0.29, 0.717) is 0 Å². The van der Waals surface area contributed by atoms with Crippen molar-refractivity contribution in [3.8, 4) is 0 Å². The molecule has 3 aliphatic heterocycles. The van der Waals surface area contributed by atoms with Crippen LogP contribution in [0.15, 0.2) is 0 Å². The summed E-state index contributed by atoms with van der Waals surface area (Å²) in [4.78, 5) is 2.77. The van der Waals surface area contributed by atoms with Crippen molar-refractivity contribution >= 4 is 11.8 Å². The van der Waals surface area contributed by atoms with Gasteiger partial charge in [-0.25, -0.2) is 0 Å². The first-order chi connectivity index (χ1) is 9.33. The first-order valence-electron chi connectivity index (χ1n) is 8.01. The molecule has 1 N–H and O–H groups in total. The van der Waals surface area contributed by atoms with Crippen LogP contribution in [0.5, 0.6) is 0 Å². The number of likely N-dealkylation sites (N-methyl/N-ethyl adjacent to an activating group) is 1. The van der Waals surface area contributed by atoms with Gasteiger partial charge in [0.1, 0.15) is 0 Å². The van der Waals surface area contributed by atoms with Crippen LogP contribution in [0.25, 0.3) is 0 Å². The molecule has 3 heterocycles. The maximum Gasteiger partial charge on any atom is 0.0713 e. The first kappa shape index (κ1) is 14.2. The topological polar surface area (TPSA) is 24.5 Å². The second kappa shape index (κ2) is 6.33. The Labute approximate surface area is 121 Å². The molecule has 3 rings (SSSR count). The zero-order valence-electron chi connectivity index (χ0n) is 12.2. The molecule has 2 atom stereocenters. The summed E-state index contributed by atoms with van der Waals surface area (Å²) >= 11 is 2.10. The highest BCUT2D eigenvalue weighted by Gasteiger charge is 2.41. The standard InChI is InChI=1S/C15H28N2OS/c1-2-17(14-3-7-16-12-14)13-4-8-18-15(11-13)5-9-19-10-6-15/h13-14,16H,2-12H2,1H3. The van der Waals surface area contributed by atoms with E-state index >= 15 is 0 Å². The van der Waals surface area contributed by atoms with Gasteiger partial charge in [0.05, 0.1) is 5.60 Å². The molecule has 110 valence electrons. The minimum absolute atomic E-state index is 0.230. The average molecular weight is 284 g/mol. The van der Waals surface area contributed by atoms with Crippen LogP contribution in [0.4, 0.5) is 0 Å². The molecular formula is C15H28N2OS. The van der Waals surface area contributed by atoms with Crippen LogP contribution in [0.1, 0.15) is 39.0 Å². The molecule has 2 unspecified atom stereocenters. The molecule has 19 heavy (non-hydrogen) atoms. The number of nitrogens with one attached hydrogen (secondary N) is 1. The van der Waals surface area contributed by atoms with E-state index in [4.69, 9.17) is 4.74 Å². The Morgan fingerprint density at radius 3 is 2.79 bits per heavy atom. The molecular weight excluding hydrogens is 256 g/mol. The smallest absolute Gasteiger partial charge is 0.0713 e. The lowest BCUT2D eigenvalue weighted by Gasteiger charge is -2.47. The van der Waals surface area contributed by atoms with Crippen LogP contribution in [0, 0.1) is 0 Å². The van der Waals surface area contributed by atoms with Crippen LogP contribution in [0.3, 0.4) is 0 Å². The lowest BCUT2D eigenvalue weighted by atomic mass is 9.84. The van der Waals surface area contributed by atoms with E-state index in [-0.39, 0.29) is 5.60 Å². The second-order valence-electron chi connectivity index (χ2n) is 6.27. The Morgan fingerprint density at radius 1 is 1.26 bits per heavy atom. The molecule has 0 radical (unpaired) electrons. The third kappa shape index (κ3) is 3.12.